The highest BCUT2D eigenvalue weighted by Gasteiger charge is 2.20. The molecule has 0 amide bonds. The van der Waals surface area contributed by atoms with Gasteiger partial charge in [0.05, 0.1) is 12.8 Å². The van der Waals surface area contributed by atoms with Gasteiger partial charge in [-0.25, -0.2) is 0 Å². The van der Waals surface area contributed by atoms with Gasteiger partial charge in [0.1, 0.15) is 5.75 Å². The second-order valence-electron chi connectivity index (χ2n) is 4.92. The minimum absolute atomic E-state index is 0.300. The molecule has 0 aliphatic rings. The van der Waals surface area contributed by atoms with Crippen molar-refractivity contribution in [1.29, 1.82) is 0 Å². The first kappa shape index (κ1) is 14.6. The zero-order valence-corrected chi connectivity index (χ0v) is 11.8. The topological polar surface area (TPSA) is 93.4 Å². The van der Waals surface area contributed by atoms with Crippen LogP contribution in [0.25, 0.3) is 0 Å². The number of rotatable bonds is 4. The Morgan fingerprint density at radius 2 is 1.89 bits per heavy atom. The average Bonchev–Trinajstić information content (AvgIpc) is 2.13. The predicted molar refractivity (Wildman–Crippen MR) is 72.8 cm³/mol. The Morgan fingerprint density at radius 3 is 2.39 bits per heavy atom. The molecule has 4 N–H and O–H groups in total. The van der Waals surface area contributed by atoms with Crippen molar-refractivity contribution >= 4 is 21.6 Å². The minimum atomic E-state index is -3.68. The van der Waals surface area contributed by atoms with Crippen LogP contribution in [0.15, 0.2) is 18.2 Å². The molecule has 0 aromatic heterocycles. The number of anilines is 2. The molecule has 1 aromatic rings. The summed E-state index contributed by atoms with van der Waals surface area (Å²) in [7, 11) is -2.22. The zero-order valence-electron chi connectivity index (χ0n) is 10.9. The first-order valence-electron chi connectivity index (χ1n) is 5.38. The van der Waals surface area contributed by atoms with Crippen molar-refractivity contribution in [3.63, 3.8) is 0 Å². The number of hydrogen-bond acceptors (Lipinski definition) is 4. The van der Waals surface area contributed by atoms with Crippen molar-refractivity contribution in [2.24, 2.45) is 0 Å². The van der Waals surface area contributed by atoms with Gasteiger partial charge in [-0.05, 0) is 39.0 Å². The van der Waals surface area contributed by atoms with Crippen molar-refractivity contribution in [2.45, 2.75) is 26.3 Å². The highest BCUT2D eigenvalue weighted by atomic mass is 32.2. The van der Waals surface area contributed by atoms with Gasteiger partial charge in [-0.2, -0.15) is 13.1 Å². The number of benzene rings is 1. The molecule has 0 bridgehead atoms. The van der Waals surface area contributed by atoms with E-state index in [9.17, 15) is 8.42 Å². The van der Waals surface area contributed by atoms with E-state index in [1.807, 2.05) is 0 Å². The number of nitrogens with two attached hydrogens (primary N) is 1. The van der Waals surface area contributed by atoms with Crippen LogP contribution in [0.2, 0.25) is 0 Å². The lowest BCUT2D eigenvalue weighted by Gasteiger charge is -2.21. The molecule has 0 aliphatic heterocycles. The summed E-state index contributed by atoms with van der Waals surface area (Å²) in [6.45, 7) is 5.26. The molecule has 0 aliphatic carbocycles. The van der Waals surface area contributed by atoms with Crippen LogP contribution in [0.4, 0.5) is 11.4 Å². The standard InChI is InChI=1S/C11H19N3O3S/c1-11(2,3)14-18(15,16)13-9-7-8(12)5-6-10(9)17-4/h5-7,13-14H,12H2,1-4H3. The van der Waals surface area contributed by atoms with E-state index in [1.165, 1.54) is 13.2 Å². The average molecular weight is 273 g/mol. The van der Waals surface area contributed by atoms with Crippen molar-refractivity contribution in [1.82, 2.24) is 4.72 Å². The van der Waals surface area contributed by atoms with E-state index < -0.39 is 15.7 Å². The fraction of sp³-hybridized carbons (Fsp3) is 0.455. The zero-order chi connectivity index (χ0) is 14.0. The van der Waals surface area contributed by atoms with Crippen LogP contribution in [-0.4, -0.2) is 21.1 Å². The second-order valence-corrected chi connectivity index (χ2v) is 6.33. The van der Waals surface area contributed by atoms with Gasteiger partial charge in [-0.15, -0.1) is 0 Å². The van der Waals surface area contributed by atoms with Crippen LogP contribution in [0, 0.1) is 0 Å². The Morgan fingerprint density at radius 1 is 1.28 bits per heavy atom. The molecule has 1 rings (SSSR count). The summed E-state index contributed by atoms with van der Waals surface area (Å²) in [6, 6.07) is 4.73. The molecule has 0 fully saturated rings. The molecule has 7 heteroatoms. The molecule has 0 unspecified atom stereocenters. The summed E-state index contributed by atoms with van der Waals surface area (Å²) >= 11 is 0. The van der Waals surface area contributed by atoms with Gasteiger partial charge in [0.15, 0.2) is 0 Å². The normalized spacial score (nSPS) is 12.2. The van der Waals surface area contributed by atoms with Gasteiger partial charge in [0, 0.05) is 11.2 Å². The van der Waals surface area contributed by atoms with E-state index in [4.69, 9.17) is 10.5 Å². The van der Waals surface area contributed by atoms with Crippen LogP contribution < -0.4 is 19.9 Å². The van der Waals surface area contributed by atoms with Crippen LogP contribution in [0.1, 0.15) is 20.8 Å². The lowest BCUT2D eigenvalue weighted by molar-refractivity contribution is 0.417. The van der Waals surface area contributed by atoms with E-state index in [-0.39, 0.29) is 0 Å². The number of ether oxygens (including phenoxy) is 1. The third-order valence-corrected chi connectivity index (χ3v) is 3.28. The number of nitrogen functional groups attached to an aromatic ring is 1. The van der Waals surface area contributed by atoms with Gasteiger partial charge in [0.25, 0.3) is 10.2 Å². The molecule has 102 valence electrons. The fourth-order valence-corrected chi connectivity index (χ4v) is 2.68. The lowest BCUT2D eigenvalue weighted by atomic mass is 10.1. The quantitative estimate of drug-likeness (QED) is 0.721. The molecule has 0 saturated carbocycles. The lowest BCUT2D eigenvalue weighted by Crippen LogP contribution is -2.43. The Kier molecular flexibility index (Phi) is 4.08. The maximum Gasteiger partial charge on any atom is 0.299 e. The summed E-state index contributed by atoms with van der Waals surface area (Å²) in [5.74, 6) is 0.406. The Labute approximate surface area is 108 Å². The summed E-state index contributed by atoms with van der Waals surface area (Å²) < 4.78 is 33.7. The molecule has 0 heterocycles. The van der Waals surface area contributed by atoms with Crippen LogP contribution in [-0.2, 0) is 10.2 Å². The van der Waals surface area contributed by atoms with Crippen molar-refractivity contribution in [2.75, 3.05) is 17.6 Å². The van der Waals surface area contributed by atoms with Crippen LogP contribution in [0.3, 0.4) is 0 Å². The van der Waals surface area contributed by atoms with Gasteiger partial charge >= 0.3 is 0 Å². The van der Waals surface area contributed by atoms with Crippen LogP contribution in [0.5, 0.6) is 5.75 Å². The SMILES string of the molecule is COc1ccc(N)cc1NS(=O)(=O)NC(C)(C)C. The maximum atomic E-state index is 11.9. The maximum absolute atomic E-state index is 11.9. The van der Waals surface area contributed by atoms with E-state index in [2.05, 4.69) is 9.44 Å². The van der Waals surface area contributed by atoms with E-state index in [0.29, 0.717) is 17.1 Å². The van der Waals surface area contributed by atoms with Gasteiger partial charge in [-0.3, -0.25) is 4.72 Å². The number of hydrogen-bond donors (Lipinski definition) is 3. The monoisotopic (exact) mass is 273 g/mol. The summed E-state index contributed by atoms with van der Waals surface area (Å²) in [5.41, 5.74) is 5.80. The first-order valence-corrected chi connectivity index (χ1v) is 6.86. The molecule has 6 nitrogen and oxygen atoms in total. The van der Waals surface area contributed by atoms with Crippen molar-refractivity contribution in [3.8, 4) is 5.75 Å². The molecule has 1 aromatic carbocycles. The minimum Gasteiger partial charge on any atom is -0.495 e. The number of nitrogens with one attached hydrogen (secondary N) is 2. The largest absolute Gasteiger partial charge is 0.495 e. The van der Waals surface area contributed by atoms with E-state index in [1.54, 1.807) is 32.9 Å². The molecule has 0 radical (unpaired) electrons. The highest BCUT2D eigenvalue weighted by Crippen LogP contribution is 2.27. The Hall–Kier alpha value is -1.47. The smallest absolute Gasteiger partial charge is 0.299 e. The summed E-state index contributed by atoms with van der Waals surface area (Å²) in [6.07, 6.45) is 0. The Bertz CT molecular complexity index is 521. The fourth-order valence-electron chi connectivity index (χ4n) is 1.38. The van der Waals surface area contributed by atoms with Gasteiger partial charge in [0.2, 0.25) is 0 Å². The number of methoxy groups -OCH3 is 1. The predicted octanol–water partition coefficient (Wildman–Crippen LogP) is 1.32. The summed E-state index contributed by atoms with van der Waals surface area (Å²) in [4.78, 5) is 0. The first-order chi connectivity index (χ1) is 8.13. The summed E-state index contributed by atoms with van der Waals surface area (Å²) in [5, 5.41) is 0. The van der Waals surface area contributed by atoms with E-state index >= 15 is 0 Å². The van der Waals surface area contributed by atoms with Crippen LogP contribution >= 0.6 is 0 Å². The third kappa shape index (κ3) is 4.42. The molecular formula is C11H19N3O3S. The van der Waals surface area contributed by atoms with Gasteiger partial charge in [-0.1, -0.05) is 0 Å². The molecule has 0 spiro atoms. The second kappa shape index (κ2) is 5.03. The van der Waals surface area contributed by atoms with Crippen molar-refractivity contribution in [3.05, 3.63) is 18.2 Å². The van der Waals surface area contributed by atoms with Crippen molar-refractivity contribution < 1.29 is 13.2 Å². The molecule has 0 atom stereocenters. The molecule has 18 heavy (non-hydrogen) atoms. The van der Waals surface area contributed by atoms with Gasteiger partial charge < -0.3 is 10.5 Å². The van der Waals surface area contributed by atoms with E-state index in [0.717, 1.165) is 0 Å². The molecule has 0 saturated heterocycles. The molecular weight excluding hydrogens is 254 g/mol. The Balaban J connectivity index is 3.00. The third-order valence-electron chi connectivity index (χ3n) is 1.91. The highest BCUT2D eigenvalue weighted by molar-refractivity contribution is 7.90.